The van der Waals surface area contributed by atoms with E-state index in [0.717, 1.165) is 32.7 Å². The number of piperazine rings is 1. The van der Waals surface area contributed by atoms with Gasteiger partial charge in [0.05, 0.1) is 6.04 Å². The molecule has 1 N–H and O–H groups in total. The maximum Gasteiger partial charge on any atom is 0.237 e. The zero-order chi connectivity index (χ0) is 16.5. The van der Waals surface area contributed by atoms with Gasteiger partial charge in [-0.15, -0.1) is 6.58 Å². The molecule has 1 heterocycles. The van der Waals surface area contributed by atoms with Crippen molar-refractivity contribution in [3.8, 4) is 0 Å². The number of amides is 1. The molecule has 1 aromatic rings. The lowest BCUT2D eigenvalue weighted by atomic mass is 10.2. The van der Waals surface area contributed by atoms with Crippen LogP contribution in [0.5, 0.6) is 0 Å². The fourth-order valence-corrected chi connectivity index (χ4v) is 2.72. The fraction of sp³-hybridized carbons (Fsp3) is 0.421. The number of nitrogens with one attached hydrogen (secondary N) is 1. The molecule has 1 atom stereocenters. The highest BCUT2D eigenvalue weighted by Gasteiger charge is 2.24. The molecule has 2 rings (SSSR count). The normalized spacial score (nSPS) is 18.0. The first-order valence-electron chi connectivity index (χ1n) is 8.27. The van der Waals surface area contributed by atoms with E-state index in [-0.39, 0.29) is 11.9 Å². The topological polar surface area (TPSA) is 35.6 Å². The summed E-state index contributed by atoms with van der Waals surface area (Å²) in [6.07, 6.45) is 6.09. The van der Waals surface area contributed by atoms with Gasteiger partial charge in [-0.3, -0.25) is 14.6 Å². The number of hydrogen-bond acceptors (Lipinski definition) is 3. The molecule has 1 aromatic carbocycles. The molecule has 1 aliphatic heterocycles. The van der Waals surface area contributed by atoms with E-state index >= 15 is 0 Å². The van der Waals surface area contributed by atoms with Gasteiger partial charge in [0, 0.05) is 39.3 Å². The van der Waals surface area contributed by atoms with Crippen LogP contribution in [0, 0.1) is 0 Å². The molecular formula is C19H27N3O. The molecule has 1 aliphatic rings. The number of nitrogens with zero attached hydrogens (tertiary/aromatic N) is 2. The minimum Gasteiger partial charge on any atom is -0.351 e. The lowest BCUT2D eigenvalue weighted by Crippen LogP contribution is -2.53. The first-order chi connectivity index (χ1) is 11.2. The molecule has 0 radical (unpaired) electrons. The van der Waals surface area contributed by atoms with Crippen molar-refractivity contribution in [3.05, 3.63) is 54.6 Å². The monoisotopic (exact) mass is 313 g/mol. The highest BCUT2D eigenvalue weighted by atomic mass is 16.2. The summed E-state index contributed by atoms with van der Waals surface area (Å²) < 4.78 is 0. The zero-order valence-electron chi connectivity index (χ0n) is 13.9. The summed E-state index contributed by atoms with van der Waals surface area (Å²) >= 11 is 0. The van der Waals surface area contributed by atoms with Gasteiger partial charge in [-0.05, 0) is 12.5 Å². The standard InChI is InChI=1S/C19H27N3O/c1-3-11-20-19(23)17(2)22-15-13-21(14-16-22)12-7-10-18-8-5-4-6-9-18/h3-10,17H,1,11-16H2,2H3,(H,20,23)/b10-7+/t17-/m0/s1. The Kier molecular flexibility index (Phi) is 7.04. The van der Waals surface area contributed by atoms with Crippen molar-refractivity contribution in [2.75, 3.05) is 39.3 Å². The van der Waals surface area contributed by atoms with Crippen molar-refractivity contribution >= 4 is 12.0 Å². The van der Waals surface area contributed by atoms with Gasteiger partial charge in [-0.25, -0.2) is 0 Å². The zero-order valence-corrected chi connectivity index (χ0v) is 13.9. The quantitative estimate of drug-likeness (QED) is 0.782. The summed E-state index contributed by atoms with van der Waals surface area (Å²) in [6, 6.07) is 10.3. The Bertz CT molecular complexity index is 519. The molecule has 0 aliphatic carbocycles. The maximum atomic E-state index is 12.0. The van der Waals surface area contributed by atoms with Crippen LogP contribution in [0.4, 0.5) is 0 Å². The van der Waals surface area contributed by atoms with Crippen molar-refractivity contribution in [2.45, 2.75) is 13.0 Å². The third-order valence-corrected chi connectivity index (χ3v) is 4.23. The van der Waals surface area contributed by atoms with Gasteiger partial charge >= 0.3 is 0 Å². The Labute approximate surface area is 139 Å². The third-order valence-electron chi connectivity index (χ3n) is 4.23. The fourth-order valence-electron chi connectivity index (χ4n) is 2.72. The summed E-state index contributed by atoms with van der Waals surface area (Å²) in [5.41, 5.74) is 1.23. The Hall–Kier alpha value is -1.91. The molecule has 124 valence electrons. The minimum atomic E-state index is -0.0723. The lowest BCUT2D eigenvalue weighted by molar-refractivity contribution is -0.126. The molecule has 4 nitrogen and oxygen atoms in total. The largest absolute Gasteiger partial charge is 0.351 e. The van der Waals surface area contributed by atoms with Crippen molar-refractivity contribution in [2.24, 2.45) is 0 Å². The van der Waals surface area contributed by atoms with Crippen LogP contribution in [0.3, 0.4) is 0 Å². The average Bonchev–Trinajstić information content (AvgIpc) is 2.60. The van der Waals surface area contributed by atoms with E-state index in [9.17, 15) is 4.79 Å². The van der Waals surface area contributed by atoms with Crippen LogP contribution >= 0.6 is 0 Å². The number of carbonyl (C=O) groups is 1. The number of hydrogen-bond donors (Lipinski definition) is 1. The summed E-state index contributed by atoms with van der Waals surface area (Å²) in [5.74, 6) is 0.0855. The second-order valence-electron chi connectivity index (χ2n) is 5.86. The number of rotatable bonds is 7. The Morgan fingerprint density at radius 1 is 1.26 bits per heavy atom. The van der Waals surface area contributed by atoms with Gasteiger partial charge in [0.15, 0.2) is 0 Å². The van der Waals surface area contributed by atoms with Gasteiger partial charge in [0.25, 0.3) is 0 Å². The third kappa shape index (κ3) is 5.66. The van der Waals surface area contributed by atoms with E-state index < -0.39 is 0 Å². The van der Waals surface area contributed by atoms with Crippen LogP contribution < -0.4 is 5.32 Å². The van der Waals surface area contributed by atoms with Crippen LogP contribution in [0.25, 0.3) is 6.08 Å². The lowest BCUT2D eigenvalue weighted by Gasteiger charge is -2.37. The van der Waals surface area contributed by atoms with E-state index in [2.05, 4.69) is 58.1 Å². The van der Waals surface area contributed by atoms with Crippen LogP contribution in [0.1, 0.15) is 12.5 Å². The van der Waals surface area contributed by atoms with Crippen molar-refractivity contribution in [3.63, 3.8) is 0 Å². The van der Waals surface area contributed by atoms with Crippen molar-refractivity contribution in [1.82, 2.24) is 15.1 Å². The number of benzene rings is 1. The smallest absolute Gasteiger partial charge is 0.237 e. The molecule has 1 fully saturated rings. The molecule has 0 unspecified atom stereocenters. The summed E-state index contributed by atoms with van der Waals surface area (Å²) in [4.78, 5) is 16.7. The average molecular weight is 313 g/mol. The van der Waals surface area contributed by atoms with E-state index in [4.69, 9.17) is 0 Å². The van der Waals surface area contributed by atoms with E-state index in [0.29, 0.717) is 6.54 Å². The van der Waals surface area contributed by atoms with Gasteiger partial charge < -0.3 is 5.32 Å². The predicted octanol–water partition coefficient (Wildman–Crippen LogP) is 2.01. The maximum absolute atomic E-state index is 12.0. The molecular weight excluding hydrogens is 286 g/mol. The summed E-state index contributed by atoms with van der Waals surface area (Å²) in [5, 5.41) is 2.87. The molecule has 0 saturated carbocycles. The second-order valence-corrected chi connectivity index (χ2v) is 5.86. The van der Waals surface area contributed by atoms with Crippen molar-refractivity contribution in [1.29, 1.82) is 0 Å². The van der Waals surface area contributed by atoms with E-state index in [1.54, 1.807) is 6.08 Å². The molecule has 0 aromatic heterocycles. The highest BCUT2D eigenvalue weighted by molar-refractivity contribution is 5.81. The minimum absolute atomic E-state index is 0.0723. The SMILES string of the molecule is C=CCNC(=O)[C@H](C)N1CCN(C/C=C/c2ccccc2)CC1. The molecule has 1 saturated heterocycles. The van der Waals surface area contributed by atoms with Crippen LogP contribution in [-0.4, -0.2) is 61.0 Å². The molecule has 1 amide bonds. The summed E-state index contributed by atoms with van der Waals surface area (Å²) in [7, 11) is 0. The van der Waals surface area contributed by atoms with E-state index in [1.165, 1.54) is 5.56 Å². The predicted molar refractivity (Wildman–Crippen MR) is 96.2 cm³/mol. The Morgan fingerprint density at radius 3 is 2.61 bits per heavy atom. The summed E-state index contributed by atoms with van der Waals surface area (Å²) in [6.45, 7) is 11.0. The van der Waals surface area contributed by atoms with Gasteiger partial charge in [0.2, 0.25) is 5.91 Å². The first-order valence-corrected chi connectivity index (χ1v) is 8.27. The molecule has 0 bridgehead atoms. The number of carbonyl (C=O) groups excluding carboxylic acids is 1. The van der Waals surface area contributed by atoms with Gasteiger partial charge in [0.1, 0.15) is 0 Å². The van der Waals surface area contributed by atoms with Crippen LogP contribution in [0.2, 0.25) is 0 Å². The van der Waals surface area contributed by atoms with Gasteiger partial charge in [-0.1, -0.05) is 48.6 Å². The Morgan fingerprint density at radius 2 is 1.96 bits per heavy atom. The molecule has 23 heavy (non-hydrogen) atoms. The van der Waals surface area contributed by atoms with Crippen molar-refractivity contribution < 1.29 is 4.79 Å². The second kappa shape index (κ2) is 9.28. The highest BCUT2D eigenvalue weighted by Crippen LogP contribution is 2.07. The van der Waals surface area contributed by atoms with Crippen LogP contribution in [0.15, 0.2) is 49.1 Å². The van der Waals surface area contributed by atoms with Crippen LogP contribution in [-0.2, 0) is 4.79 Å². The Balaban J connectivity index is 1.72. The van der Waals surface area contributed by atoms with Gasteiger partial charge in [-0.2, -0.15) is 0 Å². The molecule has 4 heteroatoms. The van der Waals surface area contributed by atoms with E-state index in [1.807, 2.05) is 13.0 Å². The molecule has 0 spiro atoms. The first kappa shape index (κ1) is 17.4.